The van der Waals surface area contributed by atoms with Crippen molar-refractivity contribution in [2.75, 3.05) is 18.2 Å². The number of nitrogens with two attached hydrogens (primary N) is 1. The first-order valence-corrected chi connectivity index (χ1v) is 6.19. The number of ether oxygens (including phenoxy) is 1. The topological polar surface area (TPSA) is 94.3 Å². The number of nitrogen functional groups attached to an aromatic ring is 1. The van der Waals surface area contributed by atoms with Crippen LogP contribution in [-0.2, 0) is 4.74 Å². The van der Waals surface area contributed by atoms with E-state index in [1.165, 1.54) is 24.5 Å². The minimum atomic E-state index is -0.464. The number of carbonyl (C=O) groups is 2. The van der Waals surface area contributed by atoms with Crippen molar-refractivity contribution in [2.45, 2.75) is 0 Å². The van der Waals surface area contributed by atoms with E-state index in [4.69, 9.17) is 5.73 Å². The van der Waals surface area contributed by atoms with Crippen molar-refractivity contribution in [3.8, 4) is 0 Å². The number of methoxy groups -OCH3 is 1. The number of benzene rings is 1. The van der Waals surface area contributed by atoms with Crippen LogP contribution < -0.4 is 11.1 Å². The number of carbonyl (C=O) groups excluding carboxylic acids is 2. The van der Waals surface area contributed by atoms with Gasteiger partial charge in [0.25, 0.3) is 5.91 Å². The van der Waals surface area contributed by atoms with E-state index < -0.39 is 5.97 Å². The van der Waals surface area contributed by atoms with Crippen LogP contribution in [0.15, 0.2) is 29.6 Å². The molecule has 1 amide bonds. The molecule has 2 rings (SSSR count). The molecule has 98 valence electrons. The van der Waals surface area contributed by atoms with Crippen LogP contribution in [-0.4, -0.2) is 24.0 Å². The van der Waals surface area contributed by atoms with E-state index in [1.54, 1.807) is 23.6 Å². The molecular weight excluding hydrogens is 266 g/mol. The average Bonchev–Trinajstić information content (AvgIpc) is 2.85. The molecule has 0 atom stereocenters. The van der Waals surface area contributed by atoms with Crippen molar-refractivity contribution in [1.82, 2.24) is 4.98 Å². The largest absolute Gasteiger partial charge is 0.465 e. The Labute approximate surface area is 113 Å². The molecule has 6 nitrogen and oxygen atoms in total. The number of hydrogen-bond acceptors (Lipinski definition) is 6. The van der Waals surface area contributed by atoms with Gasteiger partial charge >= 0.3 is 5.97 Å². The molecule has 0 spiro atoms. The summed E-state index contributed by atoms with van der Waals surface area (Å²) >= 11 is 1.19. The zero-order valence-electron chi connectivity index (χ0n) is 10.0. The fourth-order valence-electron chi connectivity index (χ4n) is 1.43. The second-order valence-corrected chi connectivity index (χ2v) is 4.49. The number of amides is 1. The van der Waals surface area contributed by atoms with Gasteiger partial charge in [-0.1, -0.05) is 6.07 Å². The maximum Gasteiger partial charge on any atom is 0.337 e. The predicted molar refractivity (Wildman–Crippen MR) is 72.3 cm³/mol. The lowest BCUT2D eigenvalue weighted by Gasteiger charge is -2.05. The molecule has 2 aromatic rings. The van der Waals surface area contributed by atoms with Crippen LogP contribution in [0.1, 0.15) is 20.8 Å². The highest BCUT2D eigenvalue weighted by Gasteiger charge is 2.11. The monoisotopic (exact) mass is 277 g/mol. The van der Waals surface area contributed by atoms with Gasteiger partial charge in [-0.05, 0) is 18.2 Å². The third kappa shape index (κ3) is 3.08. The maximum absolute atomic E-state index is 11.8. The number of nitrogens with zero attached hydrogens (tertiary/aromatic N) is 1. The highest BCUT2D eigenvalue weighted by Crippen LogP contribution is 2.15. The van der Waals surface area contributed by atoms with E-state index in [0.29, 0.717) is 16.4 Å². The molecule has 0 unspecified atom stereocenters. The van der Waals surface area contributed by atoms with E-state index in [0.717, 1.165) is 0 Å². The van der Waals surface area contributed by atoms with Gasteiger partial charge in [-0.2, -0.15) is 0 Å². The Balaban J connectivity index is 2.15. The molecule has 7 heteroatoms. The van der Waals surface area contributed by atoms with Gasteiger partial charge in [-0.25, -0.2) is 9.78 Å². The highest BCUT2D eigenvalue weighted by molar-refractivity contribution is 7.13. The van der Waals surface area contributed by atoms with E-state index in [2.05, 4.69) is 15.0 Å². The minimum absolute atomic E-state index is 0.242. The minimum Gasteiger partial charge on any atom is -0.465 e. The molecule has 19 heavy (non-hydrogen) atoms. The van der Waals surface area contributed by atoms with Crippen LogP contribution in [0.5, 0.6) is 0 Å². The first-order chi connectivity index (χ1) is 9.10. The van der Waals surface area contributed by atoms with Crippen LogP contribution in [0.25, 0.3) is 0 Å². The first-order valence-electron chi connectivity index (χ1n) is 5.31. The third-order valence-electron chi connectivity index (χ3n) is 2.30. The Morgan fingerprint density at radius 2 is 2.21 bits per heavy atom. The first kappa shape index (κ1) is 13.0. The summed E-state index contributed by atoms with van der Waals surface area (Å²) in [4.78, 5) is 27.1. The number of nitrogens with one attached hydrogen (secondary N) is 1. The van der Waals surface area contributed by atoms with Crippen molar-refractivity contribution >= 4 is 34.0 Å². The fourth-order valence-corrected chi connectivity index (χ4v) is 1.97. The normalized spacial score (nSPS) is 9.95. The highest BCUT2D eigenvalue weighted by atomic mass is 32.1. The van der Waals surface area contributed by atoms with Crippen molar-refractivity contribution < 1.29 is 14.3 Å². The SMILES string of the molecule is COC(=O)c1cccc(NC(=O)c2csc(N)n2)c1. The molecule has 0 saturated carbocycles. The smallest absolute Gasteiger partial charge is 0.337 e. The van der Waals surface area contributed by atoms with Gasteiger partial charge in [0.05, 0.1) is 12.7 Å². The van der Waals surface area contributed by atoms with Crippen LogP contribution in [0, 0.1) is 0 Å². The second-order valence-electron chi connectivity index (χ2n) is 3.60. The molecule has 0 aliphatic carbocycles. The lowest BCUT2D eigenvalue weighted by molar-refractivity contribution is 0.0600. The molecule has 1 aromatic carbocycles. The summed E-state index contributed by atoms with van der Waals surface area (Å²) in [6.45, 7) is 0. The number of aromatic nitrogens is 1. The van der Waals surface area contributed by atoms with Crippen molar-refractivity contribution in [3.63, 3.8) is 0 Å². The van der Waals surface area contributed by atoms with E-state index in [1.807, 2.05) is 0 Å². The molecule has 0 radical (unpaired) electrons. The Bertz CT molecular complexity index is 624. The van der Waals surface area contributed by atoms with Crippen molar-refractivity contribution in [1.29, 1.82) is 0 Å². The van der Waals surface area contributed by atoms with Gasteiger partial charge in [-0.15, -0.1) is 11.3 Å². The number of hydrogen-bond donors (Lipinski definition) is 2. The molecule has 0 aliphatic rings. The van der Waals surface area contributed by atoms with Crippen LogP contribution in [0.4, 0.5) is 10.8 Å². The summed E-state index contributed by atoms with van der Waals surface area (Å²) in [7, 11) is 1.30. The summed E-state index contributed by atoms with van der Waals surface area (Å²) in [6.07, 6.45) is 0. The van der Waals surface area contributed by atoms with Crippen molar-refractivity contribution in [3.05, 3.63) is 40.9 Å². The summed E-state index contributed by atoms with van der Waals surface area (Å²) in [5.74, 6) is -0.844. The number of rotatable bonds is 3. The summed E-state index contributed by atoms with van der Waals surface area (Å²) in [5, 5.41) is 4.52. The Morgan fingerprint density at radius 3 is 2.84 bits per heavy atom. The van der Waals surface area contributed by atoms with Gasteiger partial charge in [0.2, 0.25) is 0 Å². The second kappa shape index (κ2) is 5.49. The quantitative estimate of drug-likeness (QED) is 0.834. The molecule has 0 aliphatic heterocycles. The van der Waals surface area contributed by atoms with E-state index in [-0.39, 0.29) is 11.6 Å². The lowest BCUT2D eigenvalue weighted by atomic mass is 10.2. The molecule has 0 bridgehead atoms. The van der Waals surface area contributed by atoms with Gasteiger partial charge in [-0.3, -0.25) is 4.79 Å². The zero-order valence-corrected chi connectivity index (χ0v) is 10.9. The summed E-state index contributed by atoms with van der Waals surface area (Å²) < 4.78 is 4.61. The van der Waals surface area contributed by atoms with Crippen LogP contribution in [0.3, 0.4) is 0 Å². The maximum atomic E-state index is 11.8. The number of anilines is 2. The third-order valence-corrected chi connectivity index (χ3v) is 2.97. The molecule has 3 N–H and O–H groups in total. The molecular formula is C12H11N3O3S. The fraction of sp³-hybridized carbons (Fsp3) is 0.0833. The Morgan fingerprint density at radius 1 is 1.42 bits per heavy atom. The van der Waals surface area contributed by atoms with Crippen LogP contribution in [0.2, 0.25) is 0 Å². The number of thiazole rings is 1. The molecule has 0 saturated heterocycles. The van der Waals surface area contributed by atoms with E-state index >= 15 is 0 Å². The zero-order chi connectivity index (χ0) is 13.8. The molecule has 0 fully saturated rings. The lowest BCUT2D eigenvalue weighted by Crippen LogP contribution is -2.13. The van der Waals surface area contributed by atoms with E-state index in [9.17, 15) is 9.59 Å². The summed E-state index contributed by atoms with van der Waals surface area (Å²) in [5.41, 5.74) is 6.54. The van der Waals surface area contributed by atoms with Crippen LogP contribution >= 0.6 is 11.3 Å². The molecule has 1 heterocycles. The van der Waals surface area contributed by atoms with Gasteiger partial charge < -0.3 is 15.8 Å². The molecule has 1 aromatic heterocycles. The summed E-state index contributed by atoms with van der Waals surface area (Å²) in [6, 6.07) is 6.44. The van der Waals surface area contributed by atoms with Crippen molar-refractivity contribution in [2.24, 2.45) is 0 Å². The Hall–Kier alpha value is -2.41. The van der Waals surface area contributed by atoms with Gasteiger partial charge in [0.15, 0.2) is 5.13 Å². The van der Waals surface area contributed by atoms with Gasteiger partial charge in [0, 0.05) is 11.1 Å². The van der Waals surface area contributed by atoms with Gasteiger partial charge in [0.1, 0.15) is 5.69 Å². The standard InChI is InChI=1S/C12H11N3O3S/c1-18-11(17)7-3-2-4-8(5-7)14-10(16)9-6-19-12(13)15-9/h2-6H,1H3,(H2,13,15)(H,14,16). The predicted octanol–water partition coefficient (Wildman–Crippen LogP) is 1.76. The number of esters is 1. The Kier molecular flexibility index (Phi) is 3.76. The average molecular weight is 277 g/mol.